The number of imidazole rings is 2. The number of benzene rings is 3. The number of nitrogens with zero attached hydrogens (tertiary/aromatic N) is 2. The molecule has 5 aromatic rings. The normalized spacial score (nSPS) is 15.2. The Balaban J connectivity index is 0.00000130. The summed E-state index contributed by atoms with van der Waals surface area (Å²) in [6.07, 6.45) is 13.4. The molecule has 3 heterocycles. The zero-order chi connectivity index (χ0) is 24.9. The molecule has 3 aromatic carbocycles. The molecule has 1 fully saturated rings. The van der Waals surface area contributed by atoms with E-state index >= 15 is 0 Å². The van der Waals surface area contributed by atoms with Crippen molar-refractivity contribution in [2.24, 2.45) is 0 Å². The summed E-state index contributed by atoms with van der Waals surface area (Å²) in [5.41, 5.74) is 6.77. The zero-order valence-corrected chi connectivity index (χ0v) is 20.6. The van der Waals surface area contributed by atoms with Crippen molar-refractivity contribution in [3.63, 3.8) is 0 Å². The number of nitrogens with one attached hydrogen (secondary N) is 4. The molecule has 0 aliphatic carbocycles. The van der Waals surface area contributed by atoms with E-state index in [1.54, 1.807) is 0 Å². The average Bonchev–Trinajstić information content (AvgIpc) is 3.71. The molecule has 1 aliphatic heterocycles. The zero-order valence-electron chi connectivity index (χ0n) is 20.6. The minimum atomic E-state index is 0.346. The van der Waals surface area contributed by atoms with Gasteiger partial charge in [0.2, 0.25) is 0 Å². The van der Waals surface area contributed by atoms with Crippen LogP contribution in [-0.4, -0.2) is 33.0 Å². The fraction of sp³-hybridized carbons (Fsp3) is 0.267. The summed E-state index contributed by atoms with van der Waals surface area (Å²) >= 11 is 0. The Kier molecular flexibility index (Phi) is 7.13. The molecular formula is C30H32N6. The van der Waals surface area contributed by atoms with Crippen LogP contribution in [0.4, 0.5) is 0 Å². The van der Waals surface area contributed by atoms with Crippen LogP contribution in [0.1, 0.15) is 43.9 Å². The standard InChI is InChI=1S/C28H30N6.C2H2/c1-2-13-29-17-26-31-16-25(32-26)19-7-5-18(6-8-19)20-9-11-22-21(15-20)10-12-23-27(22)34-28(33-23)24-4-3-14-30-24;1-2/h5-12,15-16,24,29-30H,2-4,13-14,17H2,1H3,(H,31,32)(H,33,34);1-2H/t24-;/m0./s1. The van der Waals surface area contributed by atoms with Gasteiger partial charge in [-0.1, -0.05) is 49.4 Å². The van der Waals surface area contributed by atoms with Gasteiger partial charge in [0.15, 0.2) is 0 Å². The van der Waals surface area contributed by atoms with Crippen LogP contribution in [0.15, 0.2) is 60.8 Å². The summed E-state index contributed by atoms with van der Waals surface area (Å²) in [5, 5.41) is 9.33. The number of aromatic nitrogens is 4. The van der Waals surface area contributed by atoms with E-state index < -0.39 is 0 Å². The van der Waals surface area contributed by atoms with Crippen molar-refractivity contribution in [1.82, 2.24) is 30.6 Å². The number of fused-ring (bicyclic) bond motifs is 3. The lowest BCUT2D eigenvalue weighted by Crippen LogP contribution is -2.14. The van der Waals surface area contributed by atoms with E-state index in [1.165, 1.54) is 28.3 Å². The molecule has 6 nitrogen and oxygen atoms in total. The molecule has 6 heteroatoms. The summed E-state index contributed by atoms with van der Waals surface area (Å²) in [4.78, 5) is 16.4. The molecule has 182 valence electrons. The first-order valence-corrected chi connectivity index (χ1v) is 12.6. The third-order valence-electron chi connectivity index (χ3n) is 6.75. The van der Waals surface area contributed by atoms with Gasteiger partial charge >= 0.3 is 0 Å². The van der Waals surface area contributed by atoms with Crippen molar-refractivity contribution in [3.05, 3.63) is 72.4 Å². The third kappa shape index (κ3) is 4.76. The molecule has 0 spiro atoms. The quantitative estimate of drug-likeness (QED) is 0.173. The van der Waals surface area contributed by atoms with Crippen LogP contribution < -0.4 is 10.6 Å². The maximum absolute atomic E-state index is 4.96. The molecule has 1 aliphatic rings. The van der Waals surface area contributed by atoms with Gasteiger partial charge in [-0.15, -0.1) is 12.8 Å². The largest absolute Gasteiger partial charge is 0.341 e. The van der Waals surface area contributed by atoms with Gasteiger partial charge in [-0.05, 0) is 66.6 Å². The van der Waals surface area contributed by atoms with Crippen molar-refractivity contribution < 1.29 is 0 Å². The van der Waals surface area contributed by atoms with Crippen molar-refractivity contribution >= 4 is 21.8 Å². The fourth-order valence-electron chi connectivity index (χ4n) is 4.91. The van der Waals surface area contributed by atoms with E-state index in [0.29, 0.717) is 6.04 Å². The van der Waals surface area contributed by atoms with Gasteiger partial charge in [0.25, 0.3) is 0 Å². The first-order chi connectivity index (χ1) is 17.8. The molecule has 2 aromatic heterocycles. The molecule has 6 rings (SSSR count). The van der Waals surface area contributed by atoms with Crippen molar-refractivity contribution in [2.75, 3.05) is 13.1 Å². The topological polar surface area (TPSA) is 81.4 Å². The van der Waals surface area contributed by atoms with E-state index in [4.69, 9.17) is 4.98 Å². The van der Waals surface area contributed by atoms with E-state index in [1.807, 2.05) is 6.20 Å². The van der Waals surface area contributed by atoms with Crippen molar-refractivity contribution in [3.8, 4) is 35.2 Å². The maximum atomic E-state index is 4.96. The van der Waals surface area contributed by atoms with Gasteiger partial charge in [0, 0.05) is 5.39 Å². The molecule has 36 heavy (non-hydrogen) atoms. The van der Waals surface area contributed by atoms with Crippen LogP contribution >= 0.6 is 0 Å². The summed E-state index contributed by atoms with van der Waals surface area (Å²) in [6.45, 7) is 5.01. The Bertz CT molecular complexity index is 1470. The number of terminal acetylenes is 1. The van der Waals surface area contributed by atoms with Crippen LogP contribution in [0, 0.1) is 12.8 Å². The Hall–Kier alpha value is -3.92. The summed E-state index contributed by atoms with van der Waals surface area (Å²) < 4.78 is 0. The van der Waals surface area contributed by atoms with Crippen LogP contribution in [0.25, 0.3) is 44.2 Å². The second-order valence-corrected chi connectivity index (χ2v) is 9.17. The second-order valence-electron chi connectivity index (χ2n) is 9.17. The number of hydrogen-bond acceptors (Lipinski definition) is 4. The lowest BCUT2D eigenvalue weighted by Gasteiger charge is -2.06. The summed E-state index contributed by atoms with van der Waals surface area (Å²) in [6, 6.07) is 20.1. The first kappa shape index (κ1) is 23.8. The highest BCUT2D eigenvalue weighted by Gasteiger charge is 2.20. The molecule has 0 unspecified atom stereocenters. The average molecular weight is 477 g/mol. The van der Waals surface area contributed by atoms with Gasteiger partial charge in [-0.2, -0.15) is 0 Å². The molecular weight excluding hydrogens is 444 g/mol. The van der Waals surface area contributed by atoms with Crippen LogP contribution in [0.2, 0.25) is 0 Å². The number of H-pyrrole nitrogens is 2. The Morgan fingerprint density at radius 2 is 1.78 bits per heavy atom. The van der Waals surface area contributed by atoms with Gasteiger partial charge < -0.3 is 20.6 Å². The predicted molar refractivity (Wildman–Crippen MR) is 148 cm³/mol. The van der Waals surface area contributed by atoms with Crippen LogP contribution in [0.3, 0.4) is 0 Å². The van der Waals surface area contributed by atoms with E-state index in [-0.39, 0.29) is 0 Å². The number of aromatic amines is 2. The minimum absolute atomic E-state index is 0.346. The Morgan fingerprint density at radius 3 is 2.56 bits per heavy atom. The van der Waals surface area contributed by atoms with E-state index in [2.05, 4.69) is 100.0 Å². The highest BCUT2D eigenvalue weighted by atomic mass is 15.0. The lowest BCUT2D eigenvalue weighted by molar-refractivity contribution is 0.614. The van der Waals surface area contributed by atoms with E-state index in [0.717, 1.165) is 66.4 Å². The highest BCUT2D eigenvalue weighted by molar-refractivity contribution is 6.05. The number of hydrogen-bond donors (Lipinski definition) is 4. The lowest BCUT2D eigenvalue weighted by atomic mass is 9.99. The predicted octanol–water partition coefficient (Wildman–Crippen LogP) is 5.95. The molecule has 4 N–H and O–H groups in total. The van der Waals surface area contributed by atoms with Gasteiger partial charge in [-0.25, -0.2) is 9.97 Å². The molecule has 1 saturated heterocycles. The van der Waals surface area contributed by atoms with Crippen molar-refractivity contribution in [1.29, 1.82) is 0 Å². The Morgan fingerprint density at radius 1 is 0.972 bits per heavy atom. The monoisotopic (exact) mass is 476 g/mol. The molecule has 0 amide bonds. The van der Waals surface area contributed by atoms with Crippen LogP contribution in [0.5, 0.6) is 0 Å². The smallest absolute Gasteiger partial charge is 0.124 e. The molecule has 1 atom stereocenters. The maximum Gasteiger partial charge on any atom is 0.124 e. The fourth-order valence-corrected chi connectivity index (χ4v) is 4.91. The van der Waals surface area contributed by atoms with Crippen molar-refractivity contribution in [2.45, 2.75) is 38.8 Å². The van der Waals surface area contributed by atoms with Crippen LogP contribution in [-0.2, 0) is 6.54 Å². The third-order valence-corrected chi connectivity index (χ3v) is 6.75. The molecule has 0 saturated carbocycles. The second kappa shape index (κ2) is 10.8. The SMILES string of the molecule is C#C.CCCNCc1ncc(-c2ccc(-c3ccc4c(ccc5[nH]c([C@@H]6CCCN6)nc54)c3)cc2)[nH]1. The Labute approximate surface area is 212 Å². The summed E-state index contributed by atoms with van der Waals surface area (Å²) in [5.74, 6) is 2.03. The molecule has 0 radical (unpaired) electrons. The first-order valence-electron chi connectivity index (χ1n) is 12.6. The van der Waals surface area contributed by atoms with Gasteiger partial charge in [-0.3, -0.25) is 0 Å². The van der Waals surface area contributed by atoms with Gasteiger partial charge in [0.1, 0.15) is 11.6 Å². The van der Waals surface area contributed by atoms with E-state index in [9.17, 15) is 0 Å². The number of rotatable bonds is 7. The van der Waals surface area contributed by atoms with Gasteiger partial charge in [0.05, 0.1) is 35.5 Å². The summed E-state index contributed by atoms with van der Waals surface area (Å²) in [7, 11) is 0. The molecule has 0 bridgehead atoms. The highest BCUT2D eigenvalue weighted by Crippen LogP contribution is 2.31. The minimum Gasteiger partial charge on any atom is -0.341 e.